The van der Waals surface area contributed by atoms with Gasteiger partial charge >= 0.3 is 0 Å². The Labute approximate surface area is 195 Å². The number of rotatable bonds is 5. The van der Waals surface area contributed by atoms with Crippen molar-refractivity contribution in [2.24, 2.45) is 29.1 Å². The molecule has 1 aliphatic heterocycles. The summed E-state index contributed by atoms with van der Waals surface area (Å²) in [6.07, 6.45) is 15.3. The number of aliphatic hydroxyl groups is 2. The van der Waals surface area contributed by atoms with E-state index in [0.29, 0.717) is 23.8 Å². The third kappa shape index (κ3) is 4.76. The number of fused-ring (bicyclic) bond motifs is 1. The minimum atomic E-state index is -0.378. The maximum Gasteiger partial charge on any atom is 0.0625 e. The maximum absolute atomic E-state index is 10.0. The Morgan fingerprint density at radius 3 is 2.66 bits per heavy atom. The Kier molecular flexibility index (Phi) is 6.87. The Morgan fingerprint density at radius 2 is 1.91 bits per heavy atom. The first kappa shape index (κ1) is 23.1. The van der Waals surface area contributed by atoms with E-state index in [9.17, 15) is 10.2 Å². The molecule has 0 amide bonds. The second-order valence-electron chi connectivity index (χ2n) is 12.1. The van der Waals surface area contributed by atoms with Gasteiger partial charge in [0.2, 0.25) is 0 Å². The molecule has 1 heterocycles. The monoisotopic (exact) mass is 443 g/mol. The van der Waals surface area contributed by atoms with Crippen LogP contribution in [0.15, 0.2) is 23.3 Å². The summed E-state index contributed by atoms with van der Waals surface area (Å²) in [7, 11) is 0. The molecule has 0 bridgehead atoms. The molecular formula is C28H45NO3. The molecule has 1 saturated heterocycles. The summed E-state index contributed by atoms with van der Waals surface area (Å²) in [5.74, 6) is 3.15. The average molecular weight is 444 g/mol. The third-order valence-corrected chi connectivity index (χ3v) is 9.77. The van der Waals surface area contributed by atoms with Crippen LogP contribution in [-0.2, 0) is 4.74 Å². The van der Waals surface area contributed by atoms with Crippen molar-refractivity contribution < 1.29 is 14.9 Å². The average Bonchev–Trinajstić information content (AvgIpc) is 3.53. The van der Waals surface area contributed by atoms with Crippen LogP contribution in [-0.4, -0.2) is 59.7 Å². The van der Waals surface area contributed by atoms with E-state index in [1.54, 1.807) is 5.57 Å². The summed E-state index contributed by atoms with van der Waals surface area (Å²) in [6, 6.07) is 0.672. The van der Waals surface area contributed by atoms with Crippen LogP contribution in [0, 0.1) is 29.1 Å². The Hall–Kier alpha value is -0.680. The van der Waals surface area contributed by atoms with E-state index in [2.05, 4.69) is 30.9 Å². The van der Waals surface area contributed by atoms with Gasteiger partial charge in [-0.25, -0.2) is 0 Å². The van der Waals surface area contributed by atoms with Gasteiger partial charge in [0, 0.05) is 19.1 Å². The van der Waals surface area contributed by atoms with Crippen LogP contribution >= 0.6 is 0 Å². The number of aliphatic hydroxyl groups excluding tert-OH is 2. The second-order valence-corrected chi connectivity index (χ2v) is 12.1. The molecular weight excluding hydrogens is 398 g/mol. The summed E-state index contributed by atoms with van der Waals surface area (Å²) in [6.45, 7) is 9.35. The summed E-state index contributed by atoms with van der Waals surface area (Å²) in [4.78, 5) is 2.78. The molecule has 2 N–H and O–H groups in total. The lowest BCUT2D eigenvalue weighted by Gasteiger charge is -2.46. The van der Waals surface area contributed by atoms with E-state index in [0.717, 1.165) is 50.4 Å². The first-order valence-electron chi connectivity index (χ1n) is 13.5. The molecule has 32 heavy (non-hydrogen) atoms. The van der Waals surface area contributed by atoms with Crippen molar-refractivity contribution >= 4 is 0 Å². The maximum atomic E-state index is 10.0. The van der Waals surface area contributed by atoms with E-state index in [1.807, 2.05) is 0 Å². The van der Waals surface area contributed by atoms with E-state index in [1.165, 1.54) is 57.1 Å². The second kappa shape index (κ2) is 9.52. The van der Waals surface area contributed by atoms with Crippen LogP contribution < -0.4 is 0 Å². The SMILES string of the molecule is CC(CN1CCOC[C@@H]1C1CC1)[C@H]1CC[C@H]2/C(=C/C=C3C[C@@H](O)C[C@H](O)C3)CCC[C@]12C. The molecule has 180 valence electrons. The predicted octanol–water partition coefficient (Wildman–Crippen LogP) is 4.71. The molecule has 4 nitrogen and oxygen atoms in total. The number of ether oxygens (including phenoxy) is 1. The zero-order valence-corrected chi connectivity index (χ0v) is 20.3. The molecule has 4 aliphatic carbocycles. The fourth-order valence-corrected chi connectivity index (χ4v) is 8.04. The van der Waals surface area contributed by atoms with Gasteiger partial charge in [0.1, 0.15) is 0 Å². The normalized spacial score (nSPS) is 43.3. The molecule has 4 saturated carbocycles. The molecule has 5 rings (SSSR count). The Balaban J connectivity index is 1.27. The molecule has 0 aromatic heterocycles. The fourth-order valence-electron chi connectivity index (χ4n) is 8.04. The third-order valence-electron chi connectivity index (χ3n) is 9.77. The molecule has 1 unspecified atom stereocenters. The van der Waals surface area contributed by atoms with Crippen LogP contribution in [0.4, 0.5) is 0 Å². The van der Waals surface area contributed by atoms with Gasteiger partial charge in [0.05, 0.1) is 25.4 Å². The van der Waals surface area contributed by atoms with Gasteiger partial charge in [-0.1, -0.05) is 37.1 Å². The van der Waals surface area contributed by atoms with Crippen LogP contribution in [0.1, 0.15) is 78.1 Å². The van der Waals surface area contributed by atoms with E-state index in [-0.39, 0.29) is 12.2 Å². The zero-order chi connectivity index (χ0) is 22.3. The highest BCUT2D eigenvalue weighted by atomic mass is 16.5. The van der Waals surface area contributed by atoms with Crippen molar-refractivity contribution in [3.8, 4) is 0 Å². The van der Waals surface area contributed by atoms with Crippen molar-refractivity contribution in [3.63, 3.8) is 0 Å². The Morgan fingerprint density at radius 1 is 1.12 bits per heavy atom. The quantitative estimate of drug-likeness (QED) is 0.646. The molecule has 5 fully saturated rings. The number of hydrogen-bond acceptors (Lipinski definition) is 4. The smallest absolute Gasteiger partial charge is 0.0625 e. The van der Waals surface area contributed by atoms with Crippen LogP contribution in [0.25, 0.3) is 0 Å². The summed E-state index contributed by atoms with van der Waals surface area (Å²) >= 11 is 0. The minimum Gasteiger partial charge on any atom is -0.393 e. The van der Waals surface area contributed by atoms with Gasteiger partial charge in [-0.05, 0) is 93.3 Å². The highest BCUT2D eigenvalue weighted by Crippen LogP contribution is 2.59. The molecule has 4 heteroatoms. The number of allylic oxidation sites excluding steroid dienone is 3. The van der Waals surface area contributed by atoms with E-state index >= 15 is 0 Å². The molecule has 0 aromatic rings. The molecule has 0 spiro atoms. The van der Waals surface area contributed by atoms with Crippen molar-refractivity contribution in [2.45, 2.75) is 96.3 Å². The molecule has 7 atom stereocenters. The van der Waals surface area contributed by atoms with Gasteiger partial charge in [-0.3, -0.25) is 4.90 Å². The highest BCUT2D eigenvalue weighted by molar-refractivity contribution is 5.26. The summed E-state index contributed by atoms with van der Waals surface area (Å²) in [5, 5.41) is 20.1. The minimum absolute atomic E-state index is 0.378. The van der Waals surface area contributed by atoms with Gasteiger partial charge in [-0.2, -0.15) is 0 Å². The lowest BCUT2D eigenvalue weighted by atomic mass is 9.61. The molecule has 0 aromatic carbocycles. The number of nitrogens with zero attached hydrogens (tertiary/aromatic N) is 1. The van der Waals surface area contributed by atoms with Crippen molar-refractivity contribution in [1.29, 1.82) is 0 Å². The topological polar surface area (TPSA) is 52.9 Å². The number of morpholine rings is 1. The van der Waals surface area contributed by atoms with Gasteiger partial charge < -0.3 is 14.9 Å². The Bertz CT molecular complexity index is 716. The first-order chi connectivity index (χ1) is 15.4. The summed E-state index contributed by atoms with van der Waals surface area (Å²) < 4.78 is 5.84. The van der Waals surface area contributed by atoms with Gasteiger partial charge in [0.25, 0.3) is 0 Å². The van der Waals surface area contributed by atoms with Crippen molar-refractivity contribution in [2.75, 3.05) is 26.3 Å². The summed E-state index contributed by atoms with van der Waals surface area (Å²) in [5.41, 5.74) is 3.28. The van der Waals surface area contributed by atoms with Crippen molar-refractivity contribution in [3.05, 3.63) is 23.3 Å². The molecule has 0 radical (unpaired) electrons. The van der Waals surface area contributed by atoms with E-state index < -0.39 is 0 Å². The molecule has 5 aliphatic rings. The van der Waals surface area contributed by atoms with Crippen LogP contribution in [0.3, 0.4) is 0 Å². The first-order valence-corrected chi connectivity index (χ1v) is 13.5. The van der Waals surface area contributed by atoms with Gasteiger partial charge in [0.15, 0.2) is 0 Å². The van der Waals surface area contributed by atoms with E-state index in [4.69, 9.17) is 4.74 Å². The lowest BCUT2D eigenvalue weighted by molar-refractivity contribution is -0.0312. The fraction of sp³-hybridized carbons (Fsp3) is 0.857. The predicted molar refractivity (Wildman–Crippen MR) is 128 cm³/mol. The van der Waals surface area contributed by atoms with Crippen LogP contribution in [0.2, 0.25) is 0 Å². The van der Waals surface area contributed by atoms with Gasteiger partial charge in [-0.15, -0.1) is 0 Å². The number of hydrogen-bond donors (Lipinski definition) is 2. The standard InChI is InChI=1S/C28H45NO3/c1-19(17-29-12-13-32-18-27(29)22-7-8-22)25-9-10-26-21(4-3-11-28(25,26)2)6-5-20-14-23(30)16-24(31)15-20/h5-6,19,22-27,30-31H,3-4,7-18H2,1-2H3/b21-6+/t19?,23-,24-,25-,26+,27-,28-/m1/s1. The largest absolute Gasteiger partial charge is 0.393 e. The van der Waals surface area contributed by atoms with Crippen LogP contribution in [0.5, 0.6) is 0 Å². The lowest BCUT2D eigenvalue weighted by Crippen LogP contribution is -2.50. The highest BCUT2D eigenvalue weighted by Gasteiger charge is 2.51. The van der Waals surface area contributed by atoms with Crippen molar-refractivity contribution in [1.82, 2.24) is 4.90 Å². The zero-order valence-electron chi connectivity index (χ0n) is 20.3.